The van der Waals surface area contributed by atoms with Crippen LogP contribution >= 0.6 is 22.6 Å². The molecule has 13 heavy (non-hydrogen) atoms. The third-order valence-corrected chi connectivity index (χ3v) is 2.27. The van der Waals surface area contributed by atoms with Crippen molar-refractivity contribution in [1.29, 1.82) is 0 Å². The highest BCUT2D eigenvalue weighted by Crippen LogP contribution is 2.07. The molecule has 1 N–H and O–H groups in total. The van der Waals surface area contributed by atoms with Crippen LogP contribution in [0, 0.1) is 3.70 Å². The van der Waals surface area contributed by atoms with Crippen LogP contribution in [0.15, 0.2) is 31.0 Å². The Morgan fingerprint density at radius 2 is 2.54 bits per heavy atom. The molecule has 0 bridgehead atoms. The zero-order valence-electron chi connectivity index (χ0n) is 6.96. The SMILES string of the molecule is C=CCNC(=O)c1cccnc1I. The molecule has 0 atom stereocenters. The lowest BCUT2D eigenvalue weighted by molar-refractivity contribution is 0.0956. The fourth-order valence-corrected chi connectivity index (χ4v) is 1.40. The summed E-state index contributed by atoms with van der Waals surface area (Å²) in [5.41, 5.74) is 0.602. The molecule has 0 aromatic carbocycles. The van der Waals surface area contributed by atoms with E-state index in [0.717, 1.165) is 0 Å². The number of aromatic nitrogens is 1. The van der Waals surface area contributed by atoms with Gasteiger partial charge in [-0.2, -0.15) is 0 Å². The molecule has 68 valence electrons. The van der Waals surface area contributed by atoms with Crippen molar-refractivity contribution in [2.75, 3.05) is 6.54 Å². The average molecular weight is 288 g/mol. The van der Waals surface area contributed by atoms with Gasteiger partial charge >= 0.3 is 0 Å². The van der Waals surface area contributed by atoms with Gasteiger partial charge < -0.3 is 5.32 Å². The van der Waals surface area contributed by atoms with Crippen LogP contribution in [-0.2, 0) is 0 Å². The van der Waals surface area contributed by atoms with Gasteiger partial charge in [-0.25, -0.2) is 4.98 Å². The third kappa shape index (κ3) is 2.80. The average Bonchev–Trinajstić information content (AvgIpc) is 2.15. The summed E-state index contributed by atoms with van der Waals surface area (Å²) in [7, 11) is 0. The Hall–Kier alpha value is -0.910. The highest BCUT2D eigenvalue weighted by Gasteiger charge is 2.07. The van der Waals surface area contributed by atoms with E-state index in [1.54, 1.807) is 24.4 Å². The van der Waals surface area contributed by atoms with E-state index in [0.29, 0.717) is 15.8 Å². The molecule has 1 aromatic heterocycles. The second-order valence-corrected chi connectivity index (χ2v) is 3.36. The summed E-state index contributed by atoms with van der Waals surface area (Å²) in [4.78, 5) is 15.4. The van der Waals surface area contributed by atoms with Gasteiger partial charge in [0.15, 0.2) is 0 Å². The van der Waals surface area contributed by atoms with Gasteiger partial charge in [-0.3, -0.25) is 4.79 Å². The van der Waals surface area contributed by atoms with E-state index in [1.807, 2.05) is 22.6 Å². The molecule has 1 aromatic rings. The third-order valence-electron chi connectivity index (χ3n) is 1.41. The van der Waals surface area contributed by atoms with E-state index in [4.69, 9.17) is 0 Å². The molecule has 3 nitrogen and oxygen atoms in total. The number of carbonyl (C=O) groups excluding carboxylic acids is 1. The van der Waals surface area contributed by atoms with Crippen molar-refractivity contribution in [3.63, 3.8) is 0 Å². The molecule has 0 aliphatic carbocycles. The fourth-order valence-electron chi connectivity index (χ4n) is 0.816. The monoisotopic (exact) mass is 288 g/mol. The van der Waals surface area contributed by atoms with Crippen molar-refractivity contribution in [3.05, 3.63) is 40.2 Å². The first kappa shape index (κ1) is 10.2. The molecule has 0 radical (unpaired) electrons. The van der Waals surface area contributed by atoms with E-state index >= 15 is 0 Å². The molecule has 0 saturated carbocycles. The highest BCUT2D eigenvalue weighted by molar-refractivity contribution is 14.1. The number of nitrogens with one attached hydrogen (secondary N) is 1. The van der Waals surface area contributed by atoms with Gasteiger partial charge in [0, 0.05) is 12.7 Å². The quantitative estimate of drug-likeness (QED) is 0.521. The maximum atomic E-state index is 11.4. The summed E-state index contributed by atoms with van der Waals surface area (Å²) < 4.78 is 0.710. The van der Waals surface area contributed by atoms with Crippen molar-refractivity contribution >= 4 is 28.5 Å². The molecule has 1 heterocycles. The zero-order chi connectivity index (χ0) is 9.68. The van der Waals surface area contributed by atoms with Gasteiger partial charge in [-0.05, 0) is 34.7 Å². The summed E-state index contributed by atoms with van der Waals surface area (Å²) in [5, 5.41) is 2.69. The van der Waals surface area contributed by atoms with Gasteiger partial charge in [0.05, 0.1) is 5.56 Å². The number of carbonyl (C=O) groups is 1. The van der Waals surface area contributed by atoms with Crippen molar-refractivity contribution in [2.24, 2.45) is 0 Å². The molecule has 4 heteroatoms. The van der Waals surface area contributed by atoms with Gasteiger partial charge in [-0.1, -0.05) is 6.08 Å². The first-order chi connectivity index (χ1) is 6.25. The topological polar surface area (TPSA) is 42.0 Å². The second-order valence-electron chi connectivity index (χ2n) is 2.34. The number of halogens is 1. The fraction of sp³-hybridized carbons (Fsp3) is 0.111. The van der Waals surface area contributed by atoms with Crippen molar-refractivity contribution in [2.45, 2.75) is 0 Å². The Labute approximate surface area is 90.4 Å². The number of pyridine rings is 1. The normalized spacial score (nSPS) is 9.31. The largest absolute Gasteiger partial charge is 0.348 e. The van der Waals surface area contributed by atoms with E-state index < -0.39 is 0 Å². The number of hydrogen-bond acceptors (Lipinski definition) is 2. The minimum Gasteiger partial charge on any atom is -0.348 e. The molecule has 0 spiro atoms. The summed E-state index contributed by atoms with van der Waals surface area (Å²) >= 11 is 2.03. The van der Waals surface area contributed by atoms with Gasteiger partial charge in [0.1, 0.15) is 3.70 Å². The van der Waals surface area contributed by atoms with Crippen molar-refractivity contribution in [3.8, 4) is 0 Å². The first-order valence-corrected chi connectivity index (χ1v) is 4.83. The molecular formula is C9H9IN2O. The minimum atomic E-state index is -0.114. The Balaban J connectivity index is 2.76. The molecule has 0 aliphatic heterocycles. The first-order valence-electron chi connectivity index (χ1n) is 3.75. The molecule has 0 fully saturated rings. The zero-order valence-corrected chi connectivity index (χ0v) is 9.11. The van der Waals surface area contributed by atoms with E-state index in [1.165, 1.54) is 0 Å². The van der Waals surface area contributed by atoms with Gasteiger partial charge in [-0.15, -0.1) is 6.58 Å². The lowest BCUT2D eigenvalue weighted by Crippen LogP contribution is -2.24. The van der Waals surface area contributed by atoms with Gasteiger partial charge in [0.25, 0.3) is 5.91 Å². The summed E-state index contributed by atoms with van der Waals surface area (Å²) in [6, 6.07) is 3.48. The summed E-state index contributed by atoms with van der Waals surface area (Å²) in [5.74, 6) is -0.114. The van der Waals surface area contributed by atoms with E-state index in [9.17, 15) is 4.79 Å². The molecule has 0 aliphatic rings. The molecule has 1 amide bonds. The maximum Gasteiger partial charge on any atom is 0.254 e. The Morgan fingerprint density at radius 1 is 1.77 bits per heavy atom. The van der Waals surface area contributed by atoms with Crippen LogP contribution in [0.4, 0.5) is 0 Å². The summed E-state index contributed by atoms with van der Waals surface area (Å²) in [6.45, 7) is 3.99. The van der Waals surface area contributed by atoms with Gasteiger partial charge in [0.2, 0.25) is 0 Å². The number of rotatable bonds is 3. The Morgan fingerprint density at radius 3 is 3.15 bits per heavy atom. The predicted molar refractivity (Wildman–Crippen MR) is 59.5 cm³/mol. The lowest BCUT2D eigenvalue weighted by Gasteiger charge is -2.02. The number of hydrogen-bond donors (Lipinski definition) is 1. The molecular weight excluding hydrogens is 279 g/mol. The van der Waals surface area contributed by atoms with Crippen LogP contribution in [-0.4, -0.2) is 17.4 Å². The lowest BCUT2D eigenvalue weighted by atomic mass is 10.3. The number of nitrogens with zero attached hydrogens (tertiary/aromatic N) is 1. The molecule has 0 saturated heterocycles. The Bertz CT molecular complexity index is 325. The van der Waals surface area contributed by atoms with E-state index in [2.05, 4.69) is 16.9 Å². The van der Waals surface area contributed by atoms with Crippen LogP contribution in [0.3, 0.4) is 0 Å². The van der Waals surface area contributed by atoms with Crippen molar-refractivity contribution < 1.29 is 4.79 Å². The predicted octanol–water partition coefficient (Wildman–Crippen LogP) is 1.60. The number of amides is 1. The maximum absolute atomic E-state index is 11.4. The van der Waals surface area contributed by atoms with Crippen LogP contribution in [0.1, 0.15) is 10.4 Å². The second kappa shape index (κ2) is 4.96. The van der Waals surface area contributed by atoms with Crippen LogP contribution in [0.2, 0.25) is 0 Å². The van der Waals surface area contributed by atoms with Crippen molar-refractivity contribution in [1.82, 2.24) is 10.3 Å². The smallest absolute Gasteiger partial charge is 0.254 e. The standard InChI is InChI=1S/C9H9IN2O/c1-2-5-12-9(13)7-4-3-6-11-8(7)10/h2-4,6H,1,5H2,(H,12,13). The Kier molecular flexibility index (Phi) is 3.88. The summed E-state index contributed by atoms with van der Waals surface area (Å²) in [6.07, 6.45) is 3.30. The van der Waals surface area contributed by atoms with Crippen LogP contribution < -0.4 is 5.32 Å². The molecule has 0 unspecified atom stereocenters. The van der Waals surface area contributed by atoms with Crippen LogP contribution in [0.25, 0.3) is 0 Å². The highest BCUT2D eigenvalue weighted by atomic mass is 127. The van der Waals surface area contributed by atoms with E-state index in [-0.39, 0.29) is 5.91 Å². The molecule has 1 rings (SSSR count). The van der Waals surface area contributed by atoms with Crippen LogP contribution in [0.5, 0.6) is 0 Å². The minimum absolute atomic E-state index is 0.114.